The van der Waals surface area contributed by atoms with Gasteiger partial charge in [0.2, 0.25) is 0 Å². The highest BCUT2D eigenvalue weighted by atomic mass is 16.5. The minimum absolute atomic E-state index is 0.623. The molecule has 0 radical (unpaired) electrons. The molecule has 2 aromatic carbocycles. The van der Waals surface area contributed by atoms with Crippen molar-refractivity contribution in [3.8, 4) is 11.5 Å². The van der Waals surface area contributed by atoms with E-state index >= 15 is 0 Å². The molecular formula is C27H32N2O2. The van der Waals surface area contributed by atoms with E-state index < -0.39 is 0 Å². The van der Waals surface area contributed by atoms with E-state index in [0.29, 0.717) is 19.1 Å². The van der Waals surface area contributed by atoms with Crippen molar-refractivity contribution in [1.82, 2.24) is 9.88 Å². The van der Waals surface area contributed by atoms with Crippen molar-refractivity contribution < 1.29 is 9.47 Å². The van der Waals surface area contributed by atoms with Gasteiger partial charge in [0, 0.05) is 11.8 Å². The van der Waals surface area contributed by atoms with E-state index in [0.717, 1.165) is 44.0 Å². The van der Waals surface area contributed by atoms with Crippen molar-refractivity contribution in [3.63, 3.8) is 0 Å². The third kappa shape index (κ3) is 4.35. The van der Waals surface area contributed by atoms with Crippen LogP contribution in [0.5, 0.6) is 11.5 Å². The topological polar surface area (TPSA) is 35.4 Å². The van der Waals surface area contributed by atoms with Crippen LogP contribution in [0, 0.1) is 0 Å². The average Bonchev–Trinajstić information content (AvgIpc) is 3.05. The smallest absolute Gasteiger partial charge is 0.129 e. The van der Waals surface area contributed by atoms with E-state index in [2.05, 4.69) is 64.6 Å². The van der Waals surface area contributed by atoms with Crippen LogP contribution in [-0.2, 0) is 26.0 Å². The van der Waals surface area contributed by atoms with Crippen molar-refractivity contribution in [3.05, 3.63) is 82.7 Å². The highest BCUT2D eigenvalue weighted by molar-refractivity contribution is 5.42. The van der Waals surface area contributed by atoms with Crippen LogP contribution >= 0.6 is 0 Å². The van der Waals surface area contributed by atoms with Gasteiger partial charge >= 0.3 is 0 Å². The molecule has 0 amide bonds. The lowest BCUT2D eigenvalue weighted by Gasteiger charge is -2.25. The monoisotopic (exact) mass is 416 g/mol. The molecule has 1 N–H and O–H groups in total. The Balaban J connectivity index is 1.42. The third-order valence-corrected chi connectivity index (χ3v) is 6.66. The zero-order valence-electron chi connectivity index (χ0n) is 18.4. The van der Waals surface area contributed by atoms with Crippen LogP contribution in [0.25, 0.3) is 0 Å². The summed E-state index contributed by atoms with van der Waals surface area (Å²) in [5.41, 5.74) is 7.07. The Morgan fingerprint density at radius 1 is 1.03 bits per heavy atom. The number of aromatic nitrogens is 1. The summed E-state index contributed by atoms with van der Waals surface area (Å²) in [5.74, 6) is 2.60. The van der Waals surface area contributed by atoms with Gasteiger partial charge in [-0.05, 0) is 86.5 Å². The molecule has 0 saturated carbocycles. The van der Waals surface area contributed by atoms with E-state index in [4.69, 9.17) is 9.47 Å². The first-order valence-electron chi connectivity index (χ1n) is 11.7. The number of fused-ring (bicyclic) bond motifs is 2. The zero-order valence-corrected chi connectivity index (χ0v) is 18.4. The summed E-state index contributed by atoms with van der Waals surface area (Å²) in [5, 5.41) is 3.53. The normalized spacial score (nSPS) is 16.2. The zero-order chi connectivity index (χ0) is 21.0. The molecule has 1 aromatic heterocycles. The van der Waals surface area contributed by atoms with Crippen molar-refractivity contribution in [2.24, 2.45) is 0 Å². The second-order valence-electron chi connectivity index (χ2n) is 8.64. The number of aryl methyl sites for hydroxylation is 2. The number of para-hydroxylation sites is 1. The Morgan fingerprint density at radius 2 is 1.84 bits per heavy atom. The fraction of sp³-hybridized carbons (Fsp3) is 0.407. The fourth-order valence-electron chi connectivity index (χ4n) is 5.09. The predicted octanol–water partition coefficient (Wildman–Crippen LogP) is 5.08. The molecule has 2 aliphatic rings. The molecule has 162 valence electrons. The Labute approximate surface area is 185 Å². The SMILES string of the molecule is CCOc1ccc(CCc2cn3c(c2C2CCNCC2)COc2ccccc2C3)cc1. The number of hydrogen-bond donors (Lipinski definition) is 1. The number of hydrogen-bond acceptors (Lipinski definition) is 3. The van der Waals surface area contributed by atoms with Crippen LogP contribution < -0.4 is 14.8 Å². The maximum atomic E-state index is 6.27. The van der Waals surface area contributed by atoms with Crippen LogP contribution in [-0.4, -0.2) is 24.3 Å². The van der Waals surface area contributed by atoms with Crippen molar-refractivity contribution in [2.75, 3.05) is 19.7 Å². The lowest BCUT2D eigenvalue weighted by Crippen LogP contribution is -2.27. The van der Waals surface area contributed by atoms with Crippen LogP contribution in [0.1, 0.15) is 53.6 Å². The van der Waals surface area contributed by atoms with E-state index in [9.17, 15) is 0 Å². The first-order chi connectivity index (χ1) is 15.3. The lowest BCUT2D eigenvalue weighted by molar-refractivity contribution is 0.299. The molecule has 0 atom stereocenters. The van der Waals surface area contributed by atoms with E-state index in [1.807, 2.05) is 6.92 Å². The Kier molecular flexibility index (Phi) is 5.99. The van der Waals surface area contributed by atoms with Gasteiger partial charge in [0.1, 0.15) is 18.1 Å². The summed E-state index contributed by atoms with van der Waals surface area (Å²) >= 11 is 0. The number of piperidine rings is 1. The van der Waals surface area contributed by atoms with Gasteiger partial charge in [0.15, 0.2) is 0 Å². The first-order valence-corrected chi connectivity index (χ1v) is 11.7. The summed E-state index contributed by atoms with van der Waals surface area (Å²) in [6.07, 6.45) is 6.94. The molecule has 1 fully saturated rings. The minimum atomic E-state index is 0.623. The van der Waals surface area contributed by atoms with Crippen molar-refractivity contribution in [2.45, 2.75) is 51.7 Å². The molecule has 2 aliphatic heterocycles. The van der Waals surface area contributed by atoms with Gasteiger partial charge in [0.25, 0.3) is 0 Å². The summed E-state index contributed by atoms with van der Waals surface area (Å²) in [6, 6.07) is 17.0. The molecule has 0 bridgehead atoms. The second kappa shape index (κ2) is 9.19. The maximum absolute atomic E-state index is 6.27. The molecule has 4 heteroatoms. The largest absolute Gasteiger partial charge is 0.494 e. The number of nitrogens with one attached hydrogen (secondary N) is 1. The highest BCUT2D eigenvalue weighted by Crippen LogP contribution is 2.36. The van der Waals surface area contributed by atoms with Gasteiger partial charge in [-0.1, -0.05) is 30.3 Å². The first kappa shape index (κ1) is 20.2. The molecule has 0 aliphatic carbocycles. The third-order valence-electron chi connectivity index (χ3n) is 6.66. The van der Waals surface area contributed by atoms with E-state index in [-0.39, 0.29) is 0 Å². The standard InChI is InChI=1S/C27H32N2O2/c1-2-30-24-11-8-20(9-12-24)7-10-23-18-29-17-22-5-3-4-6-26(22)31-19-25(29)27(23)21-13-15-28-16-14-21/h3-6,8-9,11-12,18,21,28H,2,7,10,13-17,19H2,1H3. The second-order valence-corrected chi connectivity index (χ2v) is 8.64. The minimum Gasteiger partial charge on any atom is -0.494 e. The lowest BCUT2D eigenvalue weighted by atomic mass is 9.86. The quantitative estimate of drug-likeness (QED) is 0.609. The molecule has 31 heavy (non-hydrogen) atoms. The average molecular weight is 417 g/mol. The van der Waals surface area contributed by atoms with E-state index in [1.165, 1.54) is 35.2 Å². The number of nitrogens with zero attached hydrogens (tertiary/aromatic N) is 1. The van der Waals surface area contributed by atoms with Gasteiger partial charge in [-0.2, -0.15) is 0 Å². The molecule has 5 rings (SSSR count). The molecular weight excluding hydrogens is 384 g/mol. The van der Waals surface area contributed by atoms with Gasteiger partial charge < -0.3 is 19.4 Å². The summed E-state index contributed by atoms with van der Waals surface area (Å²) in [7, 11) is 0. The van der Waals surface area contributed by atoms with Gasteiger partial charge in [0.05, 0.1) is 18.8 Å². The van der Waals surface area contributed by atoms with Crippen LogP contribution in [0.3, 0.4) is 0 Å². The molecule has 1 saturated heterocycles. The number of ether oxygens (including phenoxy) is 2. The van der Waals surface area contributed by atoms with Gasteiger partial charge in [-0.25, -0.2) is 0 Å². The van der Waals surface area contributed by atoms with Crippen molar-refractivity contribution in [1.29, 1.82) is 0 Å². The van der Waals surface area contributed by atoms with Crippen LogP contribution in [0.4, 0.5) is 0 Å². The number of rotatable bonds is 6. The van der Waals surface area contributed by atoms with Gasteiger partial charge in [-0.3, -0.25) is 0 Å². The Bertz CT molecular complexity index is 1020. The Hall–Kier alpha value is -2.72. The van der Waals surface area contributed by atoms with E-state index in [1.54, 1.807) is 5.56 Å². The van der Waals surface area contributed by atoms with Gasteiger partial charge in [-0.15, -0.1) is 0 Å². The fourth-order valence-corrected chi connectivity index (χ4v) is 5.09. The summed E-state index contributed by atoms with van der Waals surface area (Å²) < 4.78 is 14.3. The predicted molar refractivity (Wildman–Crippen MR) is 124 cm³/mol. The molecule has 0 spiro atoms. The molecule has 3 aromatic rings. The molecule has 4 nitrogen and oxygen atoms in total. The maximum Gasteiger partial charge on any atom is 0.129 e. The summed E-state index contributed by atoms with van der Waals surface area (Å²) in [6.45, 7) is 6.51. The number of benzene rings is 2. The summed E-state index contributed by atoms with van der Waals surface area (Å²) in [4.78, 5) is 0. The molecule has 3 heterocycles. The van der Waals surface area contributed by atoms with Crippen LogP contribution in [0.15, 0.2) is 54.7 Å². The Morgan fingerprint density at radius 3 is 2.65 bits per heavy atom. The van der Waals surface area contributed by atoms with Crippen molar-refractivity contribution >= 4 is 0 Å². The molecule has 0 unspecified atom stereocenters. The van der Waals surface area contributed by atoms with Crippen LogP contribution in [0.2, 0.25) is 0 Å². The highest BCUT2D eigenvalue weighted by Gasteiger charge is 2.27.